The Morgan fingerprint density at radius 1 is 0.929 bits per heavy atom. The van der Waals surface area contributed by atoms with Gasteiger partial charge in [-0.3, -0.25) is 19.7 Å². The van der Waals surface area contributed by atoms with Crippen molar-refractivity contribution in [1.82, 2.24) is 20.0 Å². The molecule has 4 aliphatic rings. The molecule has 0 aromatic heterocycles. The monoisotopic (exact) mass is 576 g/mol. The van der Waals surface area contributed by atoms with E-state index in [0.29, 0.717) is 25.2 Å². The summed E-state index contributed by atoms with van der Waals surface area (Å²) in [5, 5.41) is 2.25. The summed E-state index contributed by atoms with van der Waals surface area (Å²) in [6.45, 7) is 5.88. The summed E-state index contributed by atoms with van der Waals surface area (Å²) < 4.78 is 29.3. The molecule has 0 saturated carbocycles. The van der Waals surface area contributed by atoms with Crippen LogP contribution in [0.1, 0.15) is 73.0 Å². The molecule has 0 radical (unpaired) electrons. The normalized spacial score (nSPS) is 22.3. The summed E-state index contributed by atoms with van der Waals surface area (Å²) in [5.41, 5.74) is 4.14. The van der Waals surface area contributed by atoms with Crippen molar-refractivity contribution >= 4 is 29.3 Å². The van der Waals surface area contributed by atoms with Gasteiger partial charge in [-0.15, -0.1) is 0 Å². The van der Waals surface area contributed by atoms with Crippen molar-refractivity contribution in [3.8, 4) is 0 Å². The quantitative estimate of drug-likeness (QED) is 0.508. The lowest BCUT2D eigenvalue weighted by Crippen LogP contribution is -2.52. The molecule has 0 spiro atoms. The second-order valence-electron chi connectivity index (χ2n) is 12.5. The van der Waals surface area contributed by atoms with Crippen LogP contribution in [0.3, 0.4) is 0 Å². The van der Waals surface area contributed by atoms with Crippen molar-refractivity contribution in [1.29, 1.82) is 0 Å². The minimum Gasteiger partial charge on any atom is -0.322 e. The molecule has 0 bridgehead atoms. The fourth-order valence-electron chi connectivity index (χ4n) is 6.60. The van der Waals surface area contributed by atoms with Crippen molar-refractivity contribution < 1.29 is 28.0 Å². The number of rotatable bonds is 6. The van der Waals surface area contributed by atoms with Crippen LogP contribution in [-0.4, -0.2) is 64.1 Å². The molecule has 3 aliphatic heterocycles. The molecule has 2 aromatic rings. The molecule has 1 atom stereocenters. The van der Waals surface area contributed by atoms with Crippen LogP contribution < -0.4 is 5.32 Å². The number of nitrogens with zero attached hydrogens (tertiary/aromatic N) is 3. The van der Waals surface area contributed by atoms with Crippen LogP contribution in [0.25, 0.3) is 5.57 Å². The van der Waals surface area contributed by atoms with E-state index in [4.69, 9.17) is 0 Å². The minimum atomic E-state index is -0.821. The molecular formula is C32H34F2N4O4. The Morgan fingerprint density at radius 2 is 1.64 bits per heavy atom. The predicted molar refractivity (Wildman–Crippen MR) is 151 cm³/mol. The molecule has 3 heterocycles. The fraction of sp³-hybridized carbons (Fsp3) is 0.438. The summed E-state index contributed by atoms with van der Waals surface area (Å²) in [6.07, 6.45) is 3.01. The second kappa shape index (κ2) is 10.6. The zero-order valence-corrected chi connectivity index (χ0v) is 23.8. The molecule has 10 heteroatoms. The van der Waals surface area contributed by atoms with Gasteiger partial charge in [-0.1, -0.05) is 32.0 Å². The number of amides is 5. The molecule has 5 amide bonds. The van der Waals surface area contributed by atoms with E-state index in [0.717, 1.165) is 30.4 Å². The van der Waals surface area contributed by atoms with Gasteiger partial charge in [0, 0.05) is 42.7 Å². The molecule has 2 fully saturated rings. The maximum absolute atomic E-state index is 15.7. The molecule has 2 aromatic carbocycles. The second-order valence-corrected chi connectivity index (χ2v) is 12.5. The SMILES string of the molecule is CC1(C)CCC(CN2CCN(Cc3ccc4c(c3F)CN(C3CCC(=O)NC3=O)C4=O)C2=O)=C(c2ccc(F)cc2)C1. The lowest BCUT2D eigenvalue weighted by Gasteiger charge is -2.35. The van der Waals surface area contributed by atoms with Crippen LogP contribution in [0.4, 0.5) is 13.6 Å². The first-order valence-electron chi connectivity index (χ1n) is 14.5. The topological polar surface area (TPSA) is 90.0 Å². The summed E-state index contributed by atoms with van der Waals surface area (Å²) >= 11 is 0. The van der Waals surface area contributed by atoms with Gasteiger partial charge in [-0.2, -0.15) is 0 Å². The molecule has 42 heavy (non-hydrogen) atoms. The maximum atomic E-state index is 15.7. The van der Waals surface area contributed by atoms with Crippen LogP contribution >= 0.6 is 0 Å². The van der Waals surface area contributed by atoms with Crippen molar-refractivity contribution in [3.05, 3.63) is 75.9 Å². The highest BCUT2D eigenvalue weighted by Gasteiger charge is 2.41. The number of nitrogens with one attached hydrogen (secondary N) is 1. The van der Waals surface area contributed by atoms with E-state index in [1.165, 1.54) is 28.7 Å². The number of carbonyl (C=O) groups is 4. The number of piperidine rings is 1. The summed E-state index contributed by atoms with van der Waals surface area (Å²) in [4.78, 5) is 55.0. The highest BCUT2D eigenvalue weighted by molar-refractivity contribution is 6.05. The molecule has 8 nitrogen and oxygen atoms in total. The summed E-state index contributed by atoms with van der Waals surface area (Å²) in [7, 11) is 0. The Labute approximate surface area is 243 Å². The van der Waals surface area contributed by atoms with Crippen molar-refractivity contribution in [2.45, 2.75) is 65.1 Å². The molecule has 1 aliphatic carbocycles. The van der Waals surface area contributed by atoms with Crippen LogP contribution in [0, 0.1) is 17.0 Å². The van der Waals surface area contributed by atoms with Crippen LogP contribution in [0.2, 0.25) is 0 Å². The number of fused-ring (bicyclic) bond motifs is 1. The number of benzene rings is 2. The number of hydrogen-bond donors (Lipinski definition) is 1. The maximum Gasteiger partial charge on any atom is 0.320 e. The lowest BCUT2D eigenvalue weighted by molar-refractivity contribution is -0.136. The van der Waals surface area contributed by atoms with Gasteiger partial charge in [0.1, 0.15) is 17.7 Å². The third kappa shape index (κ3) is 5.18. The number of imide groups is 1. The average Bonchev–Trinajstić information content (AvgIpc) is 3.46. The molecule has 6 rings (SSSR count). The van der Waals surface area contributed by atoms with E-state index in [1.54, 1.807) is 28.0 Å². The first-order chi connectivity index (χ1) is 20.0. The summed E-state index contributed by atoms with van der Waals surface area (Å²) in [5.74, 6) is -2.19. The van der Waals surface area contributed by atoms with Gasteiger partial charge in [0.25, 0.3) is 5.91 Å². The van der Waals surface area contributed by atoms with Gasteiger partial charge < -0.3 is 14.7 Å². The van der Waals surface area contributed by atoms with E-state index in [2.05, 4.69) is 19.2 Å². The van der Waals surface area contributed by atoms with E-state index in [-0.39, 0.29) is 60.2 Å². The molecule has 220 valence electrons. The van der Waals surface area contributed by atoms with Crippen molar-refractivity contribution in [2.75, 3.05) is 19.6 Å². The number of urea groups is 1. The predicted octanol–water partition coefficient (Wildman–Crippen LogP) is 4.63. The number of carbonyl (C=O) groups excluding carboxylic acids is 4. The van der Waals surface area contributed by atoms with Gasteiger partial charge in [0.15, 0.2) is 0 Å². The van der Waals surface area contributed by atoms with Gasteiger partial charge in [0.2, 0.25) is 11.8 Å². The molecule has 1 N–H and O–H groups in total. The molecule has 1 unspecified atom stereocenters. The van der Waals surface area contributed by atoms with Gasteiger partial charge >= 0.3 is 6.03 Å². The smallest absolute Gasteiger partial charge is 0.320 e. The Kier molecular flexibility index (Phi) is 7.11. The summed E-state index contributed by atoms with van der Waals surface area (Å²) in [6, 6.07) is 8.63. The minimum absolute atomic E-state index is 0.0587. The highest BCUT2D eigenvalue weighted by Crippen LogP contribution is 2.43. The molecular weight excluding hydrogens is 542 g/mol. The first kappa shape index (κ1) is 28.1. The number of hydrogen-bond acceptors (Lipinski definition) is 4. The van der Waals surface area contributed by atoms with Gasteiger partial charge in [0.05, 0.1) is 13.1 Å². The Balaban J connectivity index is 1.17. The van der Waals surface area contributed by atoms with Crippen molar-refractivity contribution in [3.63, 3.8) is 0 Å². The fourth-order valence-corrected chi connectivity index (χ4v) is 6.60. The number of allylic oxidation sites excluding steroid dienone is 1. The van der Waals surface area contributed by atoms with Crippen LogP contribution in [0.15, 0.2) is 42.0 Å². The Morgan fingerprint density at radius 3 is 2.36 bits per heavy atom. The third-order valence-corrected chi connectivity index (χ3v) is 9.03. The zero-order valence-electron chi connectivity index (χ0n) is 23.8. The van der Waals surface area contributed by atoms with E-state index >= 15 is 4.39 Å². The van der Waals surface area contributed by atoms with Crippen LogP contribution in [0.5, 0.6) is 0 Å². The van der Waals surface area contributed by atoms with Crippen LogP contribution in [-0.2, 0) is 22.7 Å². The lowest BCUT2D eigenvalue weighted by atomic mass is 9.72. The standard InChI is InChI=1S/C32H34F2N4O4/c1-32(2)12-11-20(24(15-32)19-3-6-22(33)7-4-19)16-36-13-14-37(31(36)42)17-21-5-8-23-25(28(21)34)18-38(30(23)41)26-9-10-27(39)35-29(26)40/h3-8,26H,9-18H2,1-2H3,(H,35,39,40). The van der Waals surface area contributed by atoms with Gasteiger partial charge in [-0.05, 0) is 66.0 Å². The van der Waals surface area contributed by atoms with E-state index < -0.39 is 23.7 Å². The third-order valence-electron chi connectivity index (χ3n) is 9.03. The number of halogens is 2. The van der Waals surface area contributed by atoms with Gasteiger partial charge in [-0.25, -0.2) is 13.6 Å². The largest absolute Gasteiger partial charge is 0.322 e. The zero-order chi connectivity index (χ0) is 29.8. The van der Waals surface area contributed by atoms with E-state index in [1.807, 2.05) is 0 Å². The average molecular weight is 577 g/mol. The highest BCUT2D eigenvalue weighted by atomic mass is 19.1. The molecule has 2 saturated heterocycles. The van der Waals surface area contributed by atoms with E-state index in [9.17, 15) is 23.6 Å². The van der Waals surface area contributed by atoms with Crippen molar-refractivity contribution in [2.24, 2.45) is 5.41 Å². The Bertz CT molecular complexity index is 1520. The Hall–Kier alpha value is -4.08. The first-order valence-corrected chi connectivity index (χ1v) is 14.5.